The Morgan fingerprint density at radius 2 is 2.15 bits per heavy atom. The van der Waals surface area contributed by atoms with Crippen LogP contribution < -0.4 is 0 Å². The molecule has 1 aromatic carbocycles. The fourth-order valence-electron chi connectivity index (χ4n) is 4.20. The molecule has 0 saturated heterocycles. The van der Waals surface area contributed by atoms with Crippen molar-refractivity contribution in [3.63, 3.8) is 0 Å². The van der Waals surface area contributed by atoms with Crippen LogP contribution in [0.1, 0.15) is 48.2 Å². The number of hydrogen-bond acceptors (Lipinski definition) is 3. The molecule has 1 aromatic heterocycles. The van der Waals surface area contributed by atoms with Crippen LogP contribution >= 0.6 is 0 Å². The van der Waals surface area contributed by atoms with Gasteiger partial charge in [-0.25, -0.2) is 0 Å². The number of benzene rings is 1. The molecule has 0 radical (unpaired) electrons. The molecule has 0 unspecified atom stereocenters. The maximum Gasteiger partial charge on any atom is 0.223 e. The number of carbonyl (C=O) groups is 1. The number of aromatic nitrogens is 2. The predicted octanol–water partition coefficient (Wildman–Crippen LogP) is 2.80. The molecule has 0 fully saturated rings. The van der Waals surface area contributed by atoms with E-state index in [2.05, 4.69) is 53.9 Å². The third-order valence-corrected chi connectivity index (χ3v) is 5.85. The van der Waals surface area contributed by atoms with Crippen LogP contribution in [0.5, 0.6) is 0 Å². The van der Waals surface area contributed by atoms with E-state index in [0.29, 0.717) is 18.9 Å². The van der Waals surface area contributed by atoms with E-state index < -0.39 is 0 Å². The molecule has 2 heterocycles. The molecule has 0 spiro atoms. The van der Waals surface area contributed by atoms with Crippen LogP contribution in [0.3, 0.4) is 0 Å². The minimum absolute atomic E-state index is 0.284. The van der Waals surface area contributed by atoms with Gasteiger partial charge in [0, 0.05) is 19.5 Å². The Hall–Kier alpha value is -2.14. The molecule has 1 amide bonds. The van der Waals surface area contributed by atoms with Crippen molar-refractivity contribution in [1.82, 2.24) is 19.6 Å². The Bertz CT molecular complexity index is 797. The lowest BCUT2D eigenvalue weighted by molar-refractivity contribution is -0.133. The predicted molar refractivity (Wildman–Crippen MR) is 102 cm³/mol. The monoisotopic (exact) mass is 352 g/mol. The molecule has 5 nitrogen and oxygen atoms in total. The summed E-state index contributed by atoms with van der Waals surface area (Å²) in [5.41, 5.74) is 5.07. The van der Waals surface area contributed by atoms with Crippen molar-refractivity contribution < 1.29 is 4.79 Å². The summed E-state index contributed by atoms with van der Waals surface area (Å²) in [4.78, 5) is 17.2. The number of fused-ring (bicyclic) bond motifs is 2. The van der Waals surface area contributed by atoms with Gasteiger partial charge in [0.25, 0.3) is 0 Å². The maximum absolute atomic E-state index is 12.9. The van der Waals surface area contributed by atoms with Gasteiger partial charge in [-0.1, -0.05) is 31.2 Å². The van der Waals surface area contributed by atoms with E-state index in [1.165, 1.54) is 11.1 Å². The Kier molecular flexibility index (Phi) is 4.81. The average Bonchev–Trinajstić information content (AvgIpc) is 3.24. The van der Waals surface area contributed by atoms with Gasteiger partial charge in [0.05, 0.1) is 24.5 Å². The van der Waals surface area contributed by atoms with Crippen LogP contribution in [-0.2, 0) is 30.8 Å². The van der Waals surface area contributed by atoms with Gasteiger partial charge >= 0.3 is 0 Å². The minimum Gasteiger partial charge on any atom is -0.335 e. The third kappa shape index (κ3) is 3.40. The summed E-state index contributed by atoms with van der Waals surface area (Å²) in [7, 11) is 2.10. The van der Waals surface area contributed by atoms with Gasteiger partial charge in [-0.2, -0.15) is 5.10 Å². The Labute approximate surface area is 155 Å². The van der Waals surface area contributed by atoms with Crippen molar-refractivity contribution in [1.29, 1.82) is 0 Å². The molecule has 1 aliphatic heterocycles. The number of amides is 1. The molecule has 4 rings (SSSR count). The van der Waals surface area contributed by atoms with Gasteiger partial charge in [0.15, 0.2) is 0 Å². The Morgan fingerprint density at radius 1 is 1.31 bits per heavy atom. The second-order valence-corrected chi connectivity index (χ2v) is 7.63. The number of hydrogen-bond donors (Lipinski definition) is 0. The summed E-state index contributed by atoms with van der Waals surface area (Å²) in [5.74, 6) is 0.672. The summed E-state index contributed by atoms with van der Waals surface area (Å²) in [6.07, 6.45) is 2.84. The Balaban J connectivity index is 1.40. The van der Waals surface area contributed by atoms with E-state index in [-0.39, 0.29) is 5.91 Å². The smallest absolute Gasteiger partial charge is 0.223 e. The fraction of sp³-hybridized carbons (Fsp3) is 0.524. The summed E-state index contributed by atoms with van der Waals surface area (Å²) in [6, 6.07) is 10.8. The van der Waals surface area contributed by atoms with E-state index >= 15 is 0 Å². The molecule has 1 atom stereocenters. The highest BCUT2D eigenvalue weighted by Crippen LogP contribution is 2.35. The molecule has 1 aliphatic carbocycles. The molecule has 0 saturated carbocycles. The van der Waals surface area contributed by atoms with Crippen LogP contribution in [0.25, 0.3) is 0 Å². The largest absolute Gasteiger partial charge is 0.335 e. The van der Waals surface area contributed by atoms with Crippen molar-refractivity contribution in [2.75, 3.05) is 20.1 Å². The van der Waals surface area contributed by atoms with Crippen molar-refractivity contribution >= 4 is 5.91 Å². The van der Waals surface area contributed by atoms with E-state index in [9.17, 15) is 4.79 Å². The second kappa shape index (κ2) is 7.23. The van der Waals surface area contributed by atoms with Crippen molar-refractivity contribution in [2.24, 2.45) is 0 Å². The second-order valence-electron chi connectivity index (χ2n) is 7.63. The first-order valence-electron chi connectivity index (χ1n) is 9.73. The van der Waals surface area contributed by atoms with Gasteiger partial charge < -0.3 is 9.80 Å². The minimum atomic E-state index is 0.284. The summed E-state index contributed by atoms with van der Waals surface area (Å²) >= 11 is 0. The van der Waals surface area contributed by atoms with Crippen LogP contribution in [0.15, 0.2) is 30.3 Å². The number of aryl methyl sites for hydroxylation is 1. The summed E-state index contributed by atoms with van der Waals surface area (Å²) in [6.45, 7) is 6.29. The van der Waals surface area contributed by atoms with E-state index in [4.69, 9.17) is 5.10 Å². The van der Waals surface area contributed by atoms with Crippen molar-refractivity contribution in [3.05, 3.63) is 52.8 Å². The average molecular weight is 352 g/mol. The van der Waals surface area contributed by atoms with E-state index in [1.54, 1.807) is 0 Å². The molecule has 2 aliphatic rings. The first kappa shape index (κ1) is 17.3. The molecule has 0 bridgehead atoms. The number of rotatable bonds is 5. The standard InChI is InChI=1S/C21H28N4O/c1-3-23(2)14-18-13-19-15-24(10-11-25(19)22-18)21(26)12-17-9-8-16-6-4-5-7-20(16)17/h4-7,13,17H,3,8-12,14-15H2,1-2H3/t17-/m1/s1. The molecule has 26 heavy (non-hydrogen) atoms. The molecule has 0 N–H and O–H groups in total. The van der Waals surface area contributed by atoms with Crippen LogP contribution in [0, 0.1) is 0 Å². The highest BCUT2D eigenvalue weighted by Gasteiger charge is 2.28. The first-order chi connectivity index (χ1) is 12.6. The number of carbonyl (C=O) groups excluding carboxylic acids is 1. The lowest BCUT2D eigenvalue weighted by atomic mass is 9.97. The van der Waals surface area contributed by atoms with Crippen molar-refractivity contribution in [2.45, 2.75) is 51.7 Å². The zero-order valence-corrected chi connectivity index (χ0v) is 15.8. The van der Waals surface area contributed by atoms with Crippen LogP contribution in [0.4, 0.5) is 0 Å². The van der Waals surface area contributed by atoms with Gasteiger partial charge in [-0.15, -0.1) is 0 Å². The zero-order chi connectivity index (χ0) is 18.1. The van der Waals surface area contributed by atoms with Crippen molar-refractivity contribution in [3.8, 4) is 0 Å². The molecule has 5 heteroatoms. The Morgan fingerprint density at radius 3 is 3.00 bits per heavy atom. The lowest BCUT2D eigenvalue weighted by Gasteiger charge is -2.28. The highest BCUT2D eigenvalue weighted by atomic mass is 16.2. The maximum atomic E-state index is 12.9. The third-order valence-electron chi connectivity index (χ3n) is 5.85. The normalized spacial score (nSPS) is 18.9. The SMILES string of the molecule is CCN(C)Cc1cc2n(n1)CCN(C(=O)C[C@H]1CCc3ccccc31)C2. The van der Waals surface area contributed by atoms with Gasteiger partial charge in [0.2, 0.25) is 5.91 Å². The quantitative estimate of drug-likeness (QED) is 0.831. The molecule has 138 valence electrons. The molecule has 2 aromatic rings. The fourth-order valence-corrected chi connectivity index (χ4v) is 4.20. The van der Waals surface area contributed by atoms with Crippen LogP contribution in [0.2, 0.25) is 0 Å². The summed E-state index contributed by atoms with van der Waals surface area (Å²) in [5, 5.41) is 4.70. The van der Waals surface area contributed by atoms with E-state index in [0.717, 1.165) is 50.4 Å². The van der Waals surface area contributed by atoms with Gasteiger partial charge in [0.1, 0.15) is 0 Å². The molecular formula is C21H28N4O. The van der Waals surface area contributed by atoms with E-state index in [1.807, 2.05) is 4.90 Å². The van der Waals surface area contributed by atoms with Gasteiger partial charge in [-0.05, 0) is 49.5 Å². The lowest BCUT2D eigenvalue weighted by Crippen LogP contribution is -2.38. The summed E-state index contributed by atoms with van der Waals surface area (Å²) < 4.78 is 2.08. The van der Waals surface area contributed by atoms with Gasteiger partial charge in [-0.3, -0.25) is 9.48 Å². The topological polar surface area (TPSA) is 41.4 Å². The first-order valence-corrected chi connectivity index (χ1v) is 9.73. The number of nitrogens with zero attached hydrogens (tertiary/aromatic N) is 4. The highest BCUT2D eigenvalue weighted by molar-refractivity contribution is 5.77. The van der Waals surface area contributed by atoms with Crippen LogP contribution in [-0.4, -0.2) is 45.6 Å². The molecular weight excluding hydrogens is 324 g/mol. The zero-order valence-electron chi connectivity index (χ0n) is 15.8.